The average Bonchev–Trinajstić information content (AvgIpc) is 2.45. The van der Waals surface area contributed by atoms with Crippen LogP contribution in [0.3, 0.4) is 0 Å². The van der Waals surface area contributed by atoms with E-state index in [1.165, 1.54) is 7.11 Å². The van der Waals surface area contributed by atoms with Gasteiger partial charge in [-0.3, -0.25) is 4.79 Å². The van der Waals surface area contributed by atoms with Gasteiger partial charge in [0.25, 0.3) is 0 Å². The number of nitrogens with two attached hydrogens (primary N) is 1. The second kappa shape index (κ2) is 7.14. The van der Waals surface area contributed by atoms with Crippen molar-refractivity contribution in [1.82, 2.24) is 0 Å². The molecule has 1 aromatic carbocycles. The predicted octanol–water partition coefficient (Wildman–Crippen LogP) is 1.77. The highest BCUT2D eigenvalue weighted by atomic mass is 16.5. The van der Waals surface area contributed by atoms with E-state index in [4.69, 9.17) is 19.9 Å². The van der Waals surface area contributed by atoms with Gasteiger partial charge in [-0.15, -0.1) is 0 Å². The Kier molecular flexibility index (Phi) is 5.82. The standard InChI is InChI=1S/C15H23NO4/c1-15(2,14(17)19-4)10-20-12-6-5-11(7-8-16)9-13(12)18-3/h5-6,9H,7-8,10,16H2,1-4H3. The third-order valence-electron chi connectivity index (χ3n) is 2.99. The van der Waals surface area contributed by atoms with Gasteiger partial charge in [-0.1, -0.05) is 6.07 Å². The first-order chi connectivity index (χ1) is 9.44. The molecule has 0 heterocycles. The number of benzene rings is 1. The van der Waals surface area contributed by atoms with Gasteiger partial charge in [0.15, 0.2) is 11.5 Å². The Labute approximate surface area is 120 Å². The lowest BCUT2D eigenvalue weighted by atomic mass is 9.95. The predicted molar refractivity (Wildman–Crippen MR) is 77.0 cm³/mol. The van der Waals surface area contributed by atoms with Crippen LogP contribution >= 0.6 is 0 Å². The molecule has 0 aliphatic heterocycles. The number of carbonyl (C=O) groups excluding carboxylic acids is 1. The second-order valence-electron chi connectivity index (χ2n) is 5.19. The van der Waals surface area contributed by atoms with Crippen LogP contribution in [0, 0.1) is 5.41 Å². The monoisotopic (exact) mass is 281 g/mol. The zero-order valence-electron chi connectivity index (χ0n) is 12.6. The van der Waals surface area contributed by atoms with Crippen molar-refractivity contribution in [1.29, 1.82) is 0 Å². The van der Waals surface area contributed by atoms with E-state index in [1.807, 2.05) is 18.2 Å². The van der Waals surface area contributed by atoms with Crippen LogP contribution < -0.4 is 15.2 Å². The average molecular weight is 281 g/mol. The maximum Gasteiger partial charge on any atom is 0.314 e. The molecular weight excluding hydrogens is 258 g/mol. The fourth-order valence-corrected chi connectivity index (χ4v) is 1.75. The summed E-state index contributed by atoms with van der Waals surface area (Å²) in [6.07, 6.45) is 0.782. The number of methoxy groups -OCH3 is 2. The van der Waals surface area contributed by atoms with Gasteiger partial charge in [0, 0.05) is 0 Å². The van der Waals surface area contributed by atoms with Gasteiger partial charge >= 0.3 is 5.97 Å². The molecule has 0 unspecified atom stereocenters. The molecule has 5 nitrogen and oxygen atoms in total. The Morgan fingerprint density at radius 2 is 1.95 bits per heavy atom. The number of esters is 1. The van der Waals surface area contributed by atoms with E-state index in [9.17, 15) is 4.79 Å². The molecule has 0 aliphatic rings. The van der Waals surface area contributed by atoms with Crippen LogP contribution in [0.15, 0.2) is 18.2 Å². The van der Waals surface area contributed by atoms with Crippen LogP contribution in [0.4, 0.5) is 0 Å². The third kappa shape index (κ3) is 4.13. The quantitative estimate of drug-likeness (QED) is 0.771. The minimum atomic E-state index is -0.713. The van der Waals surface area contributed by atoms with Crippen molar-refractivity contribution in [2.24, 2.45) is 11.1 Å². The first kappa shape index (κ1) is 16.3. The van der Waals surface area contributed by atoms with Crippen LogP contribution in [0.25, 0.3) is 0 Å². The largest absolute Gasteiger partial charge is 0.493 e. The van der Waals surface area contributed by atoms with Crippen LogP contribution in [-0.4, -0.2) is 33.3 Å². The highest BCUT2D eigenvalue weighted by Gasteiger charge is 2.30. The third-order valence-corrected chi connectivity index (χ3v) is 2.99. The first-order valence-electron chi connectivity index (χ1n) is 6.53. The van der Waals surface area contributed by atoms with E-state index in [2.05, 4.69) is 0 Å². The normalized spacial score (nSPS) is 11.1. The molecule has 0 saturated heterocycles. The van der Waals surface area contributed by atoms with Gasteiger partial charge in [-0.05, 0) is 44.5 Å². The number of hydrogen-bond donors (Lipinski definition) is 1. The SMILES string of the molecule is COC(=O)C(C)(C)COc1ccc(CCN)cc1OC. The summed E-state index contributed by atoms with van der Waals surface area (Å²) in [5.74, 6) is 0.929. The second-order valence-corrected chi connectivity index (χ2v) is 5.19. The molecule has 2 N–H and O–H groups in total. The van der Waals surface area contributed by atoms with E-state index in [-0.39, 0.29) is 12.6 Å². The van der Waals surface area contributed by atoms with Crippen molar-refractivity contribution < 1.29 is 19.0 Å². The van der Waals surface area contributed by atoms with Gasteiger partial charge in [0.1, 0.15) is 6.61 Å². The fourth-order valence-electron chi connectivity index (χ4n) is 1.75. The Hall–Kier alpha value is -1.75. The molecule has 1 rings (SSSR count). The highest BCUT2D eigenvalue weighted by molar-refractivity contribution is 5.75. The number of hydrogen-bond acceptors (Lipinski definition) is 5. The van der Waals surface area contributed by atoms with Crippen molar-refractivity contribution in [3.05, 3.63) is 23.8 Å². The fraction of sp³-hybridized carbons (Fsp3) is 0.533. The van der Waals surface area contributed by atoms with Gasteiger partial charge in [-0.2, -0.15) is 0 Å². The molecule has 0 radical (unpaired) electrons. The summed E-state index contributed by atoms with van der Waals surface area (Å²) < 4.78 is 15.7. The Bertz CT molecular complexity index is 457. The van der Waals surface area contributed by atoms with E-state index < -0.39 is 5.41 Å². The summed E-state index contributed by atoms with van der Waals surface area (Å²) >= 11 is 0. The molecule has 20 heavy (non-hydrogen) atoms. The van der Waals surface area contributed by atoms with Crippen molar-refractivity contribution >= 4 is 5.97 Å². The maximum atomic E-state index is 11.6. The van der Waals surface area contributed by atoms with Crippen LogP contribution in [0.2, 0.25) is 0 Å². The van der Waals surface area contributed by atoms with Crippen LogP contribution in [0.1, 0.15) is 19.4 Å². The van der Waals surface area contributed by atoms with Gasteiger partial charge in [-0.25, -0.2) is 0 Å². The maximum absolute atomic E-state index is 11.6. The van der Waals surface area contributed by atoms with E-state index >= 15 is 0 Å². The van der Waals surface area contributed by atoms with Gasteiger partial charge in [0.2, 0.25) is 0 Å². The molecule has 5 heteroatoms. The molecule has 0 bridgehead atoms. The molecule has 0 saturated carbocycles. The smallest absolute Gasteiger partial charge is 0.314 e. The summed E-state index contributed by atoms with van der Waals surface area (Å²) in [5.41, 5.74) is 5.91. The summed E-state index contributed by atoms with van der Waals surface area (Å²) in [5, 5.41) is 0. The molecule has 0 atom stereocenters. The molecule has 0 amide bonds. The van der Waals surface area contributed by atoms with Crippen molar-refractivity contribution in [3.8, 4) is 11.5 Å². The Morgan fingerprint density at radius 3 is 2.50 bits per heavy atom. The number of carbonyl (C=O) groups is 1. The van der Waals surface area contributed by atoms with Crippen molar-refractivity contribution in [2.45, 2.75) is 20.3 Å². The topological polar surface area (TPSA) is 70.8 Å². The van der Waals surface area contributed by atoms with E-state index in [1.54, 1.807) is 21.0 Å². The van der Waals surface area contributed by atoms with E-state index in [0.717, 1.165) is 12.0 Å². The molecular formula is C15H23NO4. The summed E-state index contributed by atoms with van der Waals surface area (Å²) in [6.45, 7) is 4.34. The first-order valence-corrected chi connectivity index (χ1v) is 6.53. The minimum absolute atomic E-state index is 0.215. The zero-order chi connectivity index (χ0) is 15.2. The minimum Gasteiger partial charge on any atom is -0.493 e. The Balaban J connectivity index is 2.80. The molecule has 0 spiro atoms. The molecule has 0 aromatic heterocycles. The van der Waals surface area contributed by atoms with Crippen molar-refractivity contribution in [2.75, 3.05) is 27.4 Å². The van der Waals surface area contributed by atoms with Crippen molar-refractivity contribution in [3.63, 3.8) is 0 Å². The van der Waals surface area contributed by atoms with Crippen LogP contribution in [0.5, 0.6) is 11.5 Å². The number of rotatable bonds is 7. The number of ether oxygens (including phenoxy) is 3. The lowest BCUT2D eigenvalue weighted by Gasteiger charge is -2.22. The highest BCUT2D eigenvalue weighted by Crippen LogP contribution is 2.30. The lowest BCUT2D eigenvalue weighted by Crippen LogP contribution is -2.32. The Morgan fingerprint density at radius 1 is 1.25 bits per heavy atom. The molecule has 0 aliphatic carbocycles. The van der Waals surface area contributed by atoms with Gasteiger partial charge in [0.05, 0.1) is 19.6 Å². The van der Waals surface area contributed by atoms with Gasteiger partial charge < -0.3 is 19.9 Å². The lowest BCUT2D eigenvalue weighted by molar-refractivity contribution is -0.152. The van der Waals surface area contributed by atoms with E-state index in [0.29, 0.717) is 18.0 Å². The summed E-state index contributed by atoms with van der Waals surface area (Å²) in [4.78, 5) is 11.6. The van der Waals surface area contributed by atoms with Crippen LogP contribution in [-0.2, 0) is 16.0 Å². The molecule has 1 aromatic rings. The molecule has 112 valence electrons. The summed E-state index contributed by atoms with van der Waals surface area (Å²) in [7, 11) is 2.95. The molecule has 0 fully saturated rings. The summed E-state index contributed by atoms with van der Waals surface area (Å²) in [6, 6.07) is 5.67. The zero-order valence-corrected chi connectivity index (χ0v) is 12.6.